The van der Waals surface area contributed by atoms with Gasteiger partial charge in [0.2, 0.25) is 0 Å². The molecule has 0 amide bonds. The molecule has 0 fully saturated rings. The minimum absolute atomic E-state index is 0.0637. The fraction of sp³-hybridized carbons (Fsp3) is 0.750. The first-order valence-electron chi connectivity index (χ1n) is 2.12. The first kappa shape index (κ1) is 7.37. The Bertz CT molecular complexity index is 85.8. The van der Waals surface area contributed by atoms with E-state index in [1.54, 1.807) is 6.07 Å². The summed E-state index contributed by atoms with van der Waals surface area (Å²) >= 11 is 0. The van der Waals surface area contributed by atoms with Crippen molar-refractivity contribution in [3.05, 3.63) is 0 Å². The van der Waals surface area contributed by atoms with E-state index in [9.17, 15) is 0 Å². The number of ether oxygens (including phenoxy) is 1. The summed E-state index contributed by atoms with van der Waals surface area (Å²) in [6.07, 6.45) is 0.178. The van der Waals surface area contributed by atoms with Crippen molar-refractivity contribution in [2.75, 3.05) is 6.61 Å². The maximum Gasteiger partial charge on any atom is 0.266 e. The van der Waals surface area contributed by atoms with E-state index in [4.69, 9.17) is 15.5 Å². The van der Waals surface area contributed by atoms with Crippen LogP contribution in [0.1, 0.15) is 6.42 Å². The molecule has 0 aliphatic heterocycles. The molecule has 0 aromatic heterocycles. The molecule has 4 heteroatoms. The summed E-state index contributed by atoms with van der Waals surface area (Å²) in [5.41, 5.74) is 0. The molecule has 0 unspecified atom stereocenters. The number of nitriles is 1. The molecular formula is C4H7NO3. The third kappa shape index (κ3) is 5.37. The van der Waals surface area contributed by atoms with Crippen molar-refractivity contribution in [3.8, 4) is 6.07 Å². The van der Waals surface area contributed by atoms with Gasteiger partial charge in [0.25, 0.3) is 6.48 Å². The van der Waals surface area contributed by atoms with Gasteiger partial charge < -0.3 is 14.9 Å². The fourth-order valence-electron chi connectivity index (χ4n) is 0.210. The van der Waals surface area contributed by atoms with Crippen LogP contribution in [0.3, 0.4) is 0 Å². The Balaban J connectivity index is 2.85. The first-order chi connectivity index (χ1) is 3.77. The zero-order valence-electron chi connectivity index (χ0n) is 4.24. The van der Waals surface area contributed by atoms with E-state index in [0.717, 1.165) is 0 Å². The molecular weight excluding hydrogens is 110 g/mol. The van der Waals surface area contributed by atoms with Gasteiger partial charge in [-0.2, -0.15) is 5.26 Å². The van der Waals surface area contributed by atoms with Crippen LogP contribution in [0.5, 0.6) is 0 Å². The highest BCUT2D eigenvalue weighted by molar-refractivity contribution is 4.66. The molecule has 0 aliphatic carbocycles. The lowest BCUT2D eigenvalue weighted by molar-refractivity contribution is -0.232. The quantitative estimate of drug-likeness (QED) is 0.374. The maximum atomic E-state index is 8.00. The summed E-state index contributed by atoms with van der Waals surface area (Å²) in [5.74, 6) is 0. The van der Waals surface area contributed by atoms with Crippen LogP contribution in [0.2, 0.25) is 0 Å². The largest absolute Gasteiger partial charge is 0.346 e. The molecule has 0 bridgehead atoms. The van der Waals surface area contributed by atoms with E-state index in [2.05, 4.69) is 4.74 Å². The van der Waals surface area contributed by atoms with Gasteiger partial charge in [-0.15, -0.1) is 0 Å². The fourth-order valence-corrected chi connectivity index (χ4v) is 0.210. The summed E-state index contributed by atoms with van der Waals surface area (Å²) in [5, 5.41) is 23.9. The van der Waals surface area contributed by atoms with Crippen LogP contribution in [-0.2, 0) is 4.74 Å². The highest BCUT2D eigenvalue weighted by atomic mass is 16.7. The molecule has 0 heterocycles. The van der Waals surface area contributed by atoms with Crippen molar-refractivity contribution in [1.29, 1.82) is 5.26 Å². The number of nitrogens with zero attached hydrogens (tertiary/aromatic N) is 1. The Morgan fingerprint density at radius 3 is 2.62 bits per heavy atom. The molecule has 46 valence electrons. The molecule has 0 aromatic rings. The van der Waals surface area contributed by atoms with Crippen molar-refractivity contribution < 1.29 is 14.9 Å². The summed E-state index contributed by atoms with van der Waals surface area (Å²) in [7, 11) is 0. The van der Waals surface area contributed by atoms with E-state index in [1.165, 1.54) is 0 Å². The monoisotopic (exact) mass is 117 g/mol. The molecule has 2 N–H and O–H groups in total. The average Bonchev–Trinajstić information content (AvgIpc) is 1.66. The first-order valence-corrected chi connectivity index (χ1v) is 2.12. The van der Waals surface area contributed by atoms with Gasteiger partial charge >= 0.3 is 0 Å². The summed E-state index contributed by atoms with van der Waals surface area (Å²) in [6, 6.07) is 1.78. The van der Waals surface area contributed by atoms with Crippen LogP contribution in [0, 0.1) is 11.3 Å². The van der Waals surface area contributed by atoms with E-state index >= 15 is 0 Å². The molecule has 0 saturated heterocycles. The maximum absolute atomic E-state index is 8.00. The van der Waals surface area contributed by atoms with Gasteiger partial charge in [-0.05, 0) is 0 Å². The van der Waals surface area contributed by atoms with Crippen LogP contribution in [0.4, 0.5) is 0 Å². The van der Waals surface area contributed by atoms with Crippen molar-refractivity contribution >= 4 is 0 Å². The molecule has 0 aliphatic rings. The molecule has 0 radical (unpaired) electrons. The molecule has 0 aromatic carbocycles. The van der Waals surface area contributed by atoms with Crippen molar-refractivity contribution in [1.82, 2.24) is 0 Å². The van der Waals surface area contributed by atoms with E-state index < -0.39 is 6.48 Å². The Labute approximate surface area is 46.9 Å². The number of aliphatic hydroxyl groups is 2. The lowest BCUT2D eigenvalue weighted by Crippen LogP contribution is -2.10. The summed E-state index contributed by atoms with van der Waals surface area (Å²) < 4.78 is 4.17. The zero-order valence-corrected chi connectivity index (χ0v) is 4.24. The molecule has 0 spiro atoms. The Kier molecular flexibility index (Phi) is 4.17. The van der Waals surface area contributed by atoms with Crippen molar-refractivity contribution in [2.45, 2.75) is 12.9 Å². The van der Waals surface area contributed by atoms with Crippen LogP contribution in [0.25, 0.3) is 0 Å². The normalized spacial score (nSPS) is 9.25. The van der Waals surface area contributed by atoms with Gasteiger partial charge in [0, 0.05) is 0 Å². The third-order valence-corrected chi connectivity index (χ3v) is 0.481. The number of rotatable bonds is 3. The van der Waals surface area contributed by atoms with Crippen molar-refractivity contribution in [3.63, 3.8) is 0 Å². The van der Waals surface area contributed by atoms with E-state index in [0.29, 0.717) is 0 Å². The van der Waals surface area contributed by atoms with Crippen LogP contribution in [-0.4, -0.2) is 23.3 Å². The standard InChI is InChI=1S/C4H7NO3/c5-2-1-3-8-4(6)7/h4,6-7H,1,3H2. The molecule has 0 atom stereocenters. The van der Waals surface area contributed by atoms with Gasteiger partial charge in [0.15, 0.2) is 0 Å². The van der Waals surface area contributed by atoms with Crippen LogP contribution >= 0.6 is 0 Å². The van der Waals surface area contributed by atoms with Crippen molar-refractivity contribution in [2.24, 2.45) is 0 Å². The molecule has 0 rings (SSSR count). The molecule has 4 nitrogen and oxygen atoms in total. The second-order valence-electron chi connectivity index (χ2n) is 1.11. The number of hydrogen-bond acceptors (Lipinski definition) is 4. The highest BCUT2D eigenvalue weighted by Gasteiger charge is 1.92. The second kappa shape index (κ2) is 4.53. The SMILES string of the molecule is N#CCCOC(O)O. The Morgan fingerprint density at radius 1 is 1.62 bits per heavy atom. The third-order valence-electron chi connectivity index (χ3n) is 0.481. The predicted molar refractivity (Wildman–Crippen MR) is 24.4 cm³/mol. The highest BCUT2D eigenvalue weighted by Crippen LogP contribution is 1.82. The molecule has 0 saturated carbocycles. The summed E-state index contributed by atoms with van der Waals surface area (Å²) in [6.45, 7) is -1.68. The van der Waals surface area contributed by atoms with Crippen LogP contribution < -0.4 is 0 Å². The Hall–Kier alpha value is -0.630. The van der Waals surface area contributed by atoms with Gasteiger partial charge in [0.1, 0.15) is 0 Å². The average molecular weight is 117 g/mol. The lowest BCUT2D eigenvalue weighted by atomic mass is 10.5. The lowest BCUT2D eigenvalue weighted by Gasteiger charge is -1.99. The smallest absolute Gasteiger partial charge is 0.266 e. The van der Waals surface area contributed by atoms with Gasteiger partial charge in [-0.3, -0.25) is 0 Å². The molecule has 8 heavy (non-hydrogen) atoms. The Morgan fingerprint density at radius 2 is 2.25 bits per heavy atom. The predicted octanol–water partition coefficient (Wildman–Crippen LogP) is -0.815. The minimum Gasteiger partial charge on any atom is -0.346 e. The van der Waals surface area contributed by atoms with E-state index in [-0.39, 0.29) is 13.0 Å². The van der Waals surface area contributed by atoms with Gasteiger partial charge in [-0.25, -0.2) is 0 Å². The van der Waals surface area contributed by atoms with Gasteiger partial charge in [0.05, 0.1) is 19.1 Å². The van der Waals surface area contributed by atoms with E-state index in [1.807, 2.05) is 0 Å². The van der Waals surface area contributed by atoms with Crippen LogP contribution in [0.15, 0.2) is 0 Å². The zero-order chi connectivity index (χ0) is 6.41. The number of aliphatic hydroxyl groups excluding tert-OH is 1. The number of hydrogen-bond donors (Lipinski definition) is 2. The second-order valence-corrected chi connectivity index (χ2v) is 1.11. The summed E-state index contributed by atoms with van der Waals surface area (Å²) in [4.78, 5) is 0. The van der Waals surface area contributed by atoms with Gasteiger partial charge in [-0.1, -0.05) is 0 Å². The minimum atomic E-state index is -1.75. The topological polar surface area (TPSA) is 73.5 Å².